The van der Waals surface area contributed by atoms with E-state index in [0.717, 1.165) is 5.69 Å². The SMILES string of the molecule is CC(C)(C#N)c1ccc(-c2ccc(CC(C)(C)C(O)c3cncnc3)nc2)c(F)c1. The van der Waals surface area contributed by atoms with E-state index in [0.29, 0.717) is 28.7 Å². The summed E-state index contributed by atoms with van der Waals surface area (Å²) in [5.41, 5.74) is 1.94. The summed E-state index contributed by atoms with van der Waals surface area (Å²) in [6, 6.07) is 10.7. The molecule has 0 radical (unpaired) electrons. The van der Waals surface area contributed by atoms with Crippen LogP contribution in [-0.2, 0) is 11.8 Å². The van der Waals surface area contributed by atoms with Gasteiger partial charge in [-0.2, -0.15) is 5.26 Å². The van der Waals surface area contributed by atoms with Gasteiger partial charge in [-0.05, 0) is 38.0 Å². The minimum Gasteiger partial charge on any atom is -0.388 e. The number of nitrogens with zero attached hydrogens (tertiary/aromatic N) is 4. The molecule has 0 aliphatic heterocycles. The first kappa shape index (κ1) is 21.5. The van der Waals surface area contributed by atoms with Crippen molar-refractivity contribution in [1.29, 1.82) is 5.26 Å². The second kappa shape index (κ2) is 8.29. The van der Waals surface area contributed by atoms with E-state index in [-0.39, 0.29) is 5.82 Å². The van der Waals surface area contributed by atoms with E-state index >= 15 is 0 Å². The Morgan fingerprint density at radius 2 is 1.77 bits per heavy atom. The molecule has 3 rings (SSSR count). The van der Waals surface area contributed by atoms with Gasteiger partial charge in [-0.1, -0.05) is 32.0 Å². The van der Waals surface area contributed by atoms with Gasteiger partial charge in [0.1, 0.15) is 12.1 Å². The number of aromatic nitrogens is 3. The summed E-state index contributed by atoms with van der Waals surface area (Å²) in [4.78, 5) is 12.4. The molecule has 1 aromatic carbocycles. The Morgan fingerprint density at radius 3 is 2.33 bits per heavy atom. The zero-order valence-corrected chi connectivity index (χ0v) is 17.6. The van der Waals surface area contributed by atoms with Crippen LogP contribution in [0.2, 0.25) is 0 Å². The summed E-state index contributed by atoms with van der Waals surface area (Å²) in [5.74, 6) is -0.384. The van der Waals surface area contributed by atoms with Gasteiger partial charge in [0, 0.05) is 46.4 Å². The van der Waals surface area contributed by atoms with Gasteiger partial charge in [0.15, 0.2) is 0 Å². The molecule has 1 N–H and O–H groups in total. The third-order valence-electron chi connectivity index (χ3n) is 5.38. The first-order valence-electron chi connectivity index (χ1n) is 9.73. The zero-order chi connectivity index (χ0) is 21.9. The molecule has 5 nitrogen and oxygen atoms in total. The number of aliphatic hydroxyl groups excluding tert-OH is 1. The van der Waals surface area contributed by atoms with Crippen LogP contribution in [0.4, 0.5) is 4.39 Å². The fourth-order valence-electron chi connectivity index (χ4n) is 3.36. The highest BCUT2D eigenvalue weighted by Gasteiger charge is 2.30. The van der Waals surface area contributed by atoms with Crippen molar-refractivity contribution in [2.24, 2.45) is 5.41 Å². The molecule has 0 aliphatic rings. The number of nitriles is 1. The van der Waals surface area contributed by atoms with E-state index in [1.165, 1.54) is 12.4 Å². The fourth-order valence-corrected chi connectivity index (χ4v) is 3.36. The van der Waals surface area contributed by atoms with Gasteiger partial charge >= 0.3 is 0 Å². The molecule has 0 saturated heterocycles. The average Bonchev–Trinajstić information content (AvgIpc) is 2.74. The van der Waals surface area contributed by atoms with Crippen LogP contribution in [0.15, 0.2) is 55.2 Å². The van der Waals surface area contributed by atoms with Gasteiger partial charge in [-0.15, -0.1) is 0 Å². The molecule has 0 spiro atoms. The van der Waals surface area contributed by atoms with Crippen molar-refractivity contribution in [3.8, 4) is 17.2 Å². The number of pyridine rings is 1. The van der Waals surface area contributed by atoms with Crippen molar-refractivity contribution in [2.45, 2.75) is 45.6 Å². The largest absolute Gasteiger partial charge is 0.388 e. The Kier molecular flexibility index (Phi) is 5.95. The molecule has 2 aromatic heterocycles. The Balaban J connectivity index is 1.79. The van der Waals surface area contributed by atoms with Crippen molar-refractivity contribution >= 4 is 0 Å². The number of benzene rings is 1. The second-order valence-electron chi connectivity index (χ2n) is 8.71. The fraction of sp³-hybridized carbons (Fsp3) is 0.333. The van der Waals surface area contributed by atoms with E-state index in [1.807, 2.05) is 26.0 Å². The van der Waals surface area contributed by atoms with E-state index in [9.17, 15) is 14.8 Å². The Morgan fingerprint density at radius 1 is 1.07 bits per heavy atom. The molecule has 2 heterocycles. The lowest BCUT2D eigenvalue weighted by molar-refractivity contribution is 0.0482. The third-order valence-corrected chi connectivity index (χ3v) is 5.38. The van der Waals surface area contributed by atoms with Crippen LogP contribution in [0, 0.1) is 22.6 Å². The van der Waals surface area contributed by atoms with Crippen molar-refractivity contribution in [3.05, 3.63) is 77.9 Å². The zero-order valence-electron chi connectivity index (χ0n) is 17.6. The second-order valence-corrected chi connectivity index (χ2v) is 8.71. The quantitative estimate of drug-likeness (QED) is 0.639. The predicted molar refractivity (Wildman–Crippen MR) is 113 cm³/mol. The van der Waals surface area contributed by atoms with Gasteiger partial charge in [0.25, 0.3) is 0 Å². The summed E-state index contributed by atoms with van der Waals surface area (Å²) < 4.78 is 14.7. The maximum absolute atomic E-state index is 14.7. The number of hydrogen-bond donors (Lipinski definition) is 1. The van der Waals surface area contributed by atoms with Crippen LogP contribution < -0.4 is 0 Å². The molecule has 1 unspecified atom stereocenters. The van der Waals surface area contributed by atoms with Crippen LogP contribution in [0.5, 0.6) is 0 Å². The van der Waals surface area contributed by atoms with Gasteiger partial charge in [0.05, 0.1) is 17.6 Å². The summed E-state index contributed by atoms with van der Waals surface area (Å²) in [7, 11) is 0. The lowest BCUT2D eigenvalue weighted by Crippen LogP contribution is -2.25. The maximum Gasteiger partial charge on any atom is 0.131 e. The number of hydrogen-bond acceptors (Lipinski definition) is 5. The van der Waals surface area contributed by atoms with Crippen LogP contribution >= 0.6 is 0 Å². The molecule has 0 saturated carbocycles. The van der Waals surface area contributed by atoms with Crippen LogP contribution in [0.1, 0.15) is 50.6 Å². The molecular formula is C24H25FN4O. The summed E-state index contributed by atoms with van der Waals surface area (Å²) in [6.45, 7) is 7.43. The third kappa shape index (κ3) is 4.52. The van der Waals surface area contributed by atoms with Crippen molar-refractivity contribution < 1.29 is 9.50 Å². The Bertz CT molecular complexity index is 1060. The maximum atomic E-state index is 14.7. The van der Waals surface area contributed by atoms with Gasteiger partial charge in [0.2, 0.25) is 0 Å². The highest BCUT2D eigenvalue weighted by Crippen LogP contribution is 2.36. The first-order chi connectivity index (χ1) is 14.1. The molecule has 154 valence electrons. The summed E-state index contributed by atoms with van der Waals surface area (Å²) in [6.07, 6.45) is 6.06. The first-order valence-corrected chi connectivity index (χ1v) is 9.73. The van der Waals surface area contributed by atoms with Crippen LogP contribution in [0.3, 0.4) is 0 Å². The molecule has 3 aromatic rings. The minimum absolute atomic E-state index is 0.384. The number of halogens is 1. The molecule has 0 bridgehead atoms. The van der Waals surface area contributed by atoms with Crippen molar-refractivity contribution in [2.75, 3.05) is 0 Å². The lowest BCUT2D eigenvalue weighted by Gasteiger charge is -2.30. The monoisotopic (exact) mass is 404 g/mol. The average molecular weight is 404 g/mol. The van der Waals surface area contributed by atoms with Crippen molar-refractivity contribution in [1.82, 2.24) is 15.0 Å². The summed E-state index contributed by atoms with van der Waals surface area (Å²) in [5, 5.41) is 20.0. The molecule has 6 heteroatoms. The summed E-state index contributed by atoms with van der Waals surface area (Å²) >= 11 is 0. The van der Waals surface area contributed by atoms with Gasteiger partial charge < -0.3 is 5.11 Å². The van der Waals surface area contributed by atoms with Crippen molar-refractivity contribution in [3.63, 3.8) is 0 Å². The molecular weight excluding hydrogens is 379 g/mol. The van der Waals surface area contributed by atoms with E-state index in [4.69, 9.17) is 0 Å². The smallest absolute Gasteiger partial charge is 0.131 e. The molecule has 0 aliphatic carbocycles. The highest BCUT2D eigenvalue weighted by molar-refractivity contribution is 5.64. The number of rotatable bonds is 6. The normalized spacial score (nSPS) is 13.0. The molecule has 0 fully saturated rings. The van der Waals surface area contributed by atoms with E-state index in [2.05, 4.69) is 21.0 Å². The molecule has 1 atom stereocenters. The lowest BCUT2D eigenvalue weighted by atomic mass is 9.79. The minimum atomic E-state index is -0.752. The molecule has 0 amide bonds. The Labute approximate surface area is 176 Å². The van der Waals surface area contributed by atoms with Gasteiger partial charge in [-0.25, -0.2) is 14.4 Å². The number of aliphatic hydroxyl groups is 1. The predicted octanol–water partition coefficient (Wildman–Crippen LogP) is 4.78. The van der Waals surface area contributed by atoms with E-state index in [1.54, 1.807) is 44.6 Å². The molecule has 30 heavy (non-hydrogen) atoms. The van der Waals surface area contributed by atoms with Gasteiger partial charge in [-0.3, -0.25) is 4.98 Å². The topological polar surface area (TPSA) is 82.7 Å². The Hall–Kier alpha value is -3.17. The highest BCUT2D eigenvalue weighted by atomic mass is 19.1. The van der Waals surface area contributed by atoms with Crippen LogP contribution in [-0.4, -0.2) is 20.1 Å². The standard InChI is InChI=1S/C24H25FN4O/c1-23(2,22(30)17-11-27-15-28-12-17)10-19-7-5-16(13-29-19)20-8-6-18(9-21(20)25)24(3,4)14-26/h5-9,11-13,15,22,30H,10H2,1-4H3. The van der Waals surface area contributed by atoms with Crippen LogP contribution in [0.25, 0.3) is 11.1 Å². The van der Waals surface area contributed by atoms with E-state index < -0.39 is 16.9 Å².